The molecule has 0 aromatic heterocycles. The third kappa shape index (κ3) is 3.51. The Kier molecular flexibility index (Phi) is 4.75. The van der Waals surface area contributed by atoms with Crippen molar-refractivity contribution < 1.29 is 18.7 Å². The second-order valence-corrected chi connectivity index (χ2v) is 9.53. The average molecular weight is 400 g/mol. The molecule has 0 spiro atoms. The summed E-state index contributed by atoms with van der Waals surface area (Å²) in [5.74, 6) is 1.83. The van der Waals surface area contributed by atoms with Gasteiger partial charge >= 0.3 is 12.0 Å². The number of nitrogens with zero attached hydrogens (tertiary/aromatic N) is 1. The van der Waals surface area contributed by atoms with Crippen molar-refractivity contribution in [2.24, 2.45) is 23.7 Å². The molecule has 1 atom stereocenters. The van der Waals surface area contributed by atoms with Gasteiger partial charge in [0.25, 0.3) is 0 Å². The molecule has 5 saturated carbocycles. The Bertz CT molecular complexity index is 781. The van der Waals surface area contributed by atoms with Crippen molar-refractivity contribution in [3.05, 3.63) is 35.6 Å². The first-order valence-corrected chi connectivity index (χ1v) is 11.0. The molecule has 0 radical (unpaired) electrons. The Morgan fingerprint density at radius 3 is 2.31 bits per heavy atom. The summed E-state index contributed by atoms with van der Waals surface area (Å²) >= 11 is 0. The number of ether oxygens (including phenoxy) is 1. The quantitative estimate of drug-likeness (QED) is 0.759. The Morgan fingerprint density at radius 2 is 1.76 bits per heavy atom. The van der Waals surface area contributed by atoms with Crippen molar-refractivity contribution in [3.63, 3.8) is 0 Å². The van der Waals surface area contributed by atoms with Crippen LogP contribution in [0, 0.1) is 29.5 Å². The lowest BCUT2D eigenvalue weighted by atomic mass is 9.54. The topological polar surface area (TPSA) is 58.6 Å². The molecule has 1 unspecified atom stereocenters. The van der Waals surface area contributed by atoms with Gasteiger partial charge in [0.05, 0.1) is 7.11 Å². The number of esters is 1. The van der Waals surface area contributed by atoms with Crippen molar-refractivity contribution in [3.8, 4) is 0 Å². The van der Waals surface area contributed by atoms with Crippen molar-refractivity contribution >= 4 is 12.0 Å². The number of rotatable bonds is 5. The van der Waals surface area contributed by atoms with Crippen molar-refractivity contribution in [1.29, 1.82) is 0 Å². The summed E-state index contributed by atoms with van der Waals surface area (Å²) in [6, 6.07) is 5.00. The fraction of sp³-hybridized carbons (Fsp3) is 0.652. The minimum atomic E-state index is -0.917. The number of carbonyl (C=O) groups is 2. The van der Waals surface area contributed by atoms with Crippen LogP contribution in [-0.2, 0) is 9.53 Å². The molecule has 0 saturated heterocycles. The number of benzene rings is 1. The molecule has 5 aliphatic rings. The molecule has 4 bridgehead atoms. The van der Waals surface area contributed by atoms with E-state index in [9.17, 15) is 14.0 Å². The first-order chi connectivity index (χ1) is 14.0. The van der Waals surface area contributed by atoms with E-state index in [1.165, 1.54) is 51.3 Å². The number of nitrogens with one attached hydrogen (secondary N) is 1. The lowest BCUT2D eigenvalue weighted by Gasteiger charge is -2.54. The average Bonchev–Trinajstić information content (AvgIpc) is 3.52. The number of hydrogen-bond donors (Lipinski definition) is 1. The summed E-state index contributed by atoms with van der Waals surface area (Å²) in [5.41, 5.74) is 0.462. The third-order valence-corrected chi connectivity index (χ3v) is 7.56. The van der Waals surface area contributed by atoms with Gasteiger partial charge < -0.3 is 15.0 Å². The first kappa shape index (κ1) is 18.9. The molecule has 2 amide bonds. The van der Waals surface area contributed by atoms with Crippen LogP contribution in [0.2, 0.25) is 0 Å². The zero-order valence-electron chi connectivity index (χ0n) is 16.9. The van der Waals surface area contributed by atoms with Crippen LogP contribution in [0.15, 0.2) is 24.3 Å². The van der Waals surface area contributed by atoms with E-state index >= 15 is 0 Å². The summed E-state index contributed by atoms with van der Waals surface area (Å²) in [6.45, 7) is 0. The van der Waals surface area contributed by atoms with Crippen LogP contribution >= 0.6 is 0 Å². The maximum atomic E-state index is 13.9. The normalized spacial score (nSPS) is 33.2. The summed E-state index contributed by atoms with van der Waals surface area (Å²) in [6.07, 6.45) is 7.94. The van der Waals surface area contributed by atoms with E-state index in [-0.39, 0.29) is 18.1 Å². The lowest BCUT2D eigenvalue weighted by Crippen LogP contribution is -2.59. The third-order valence-electron chi connectivity index (χ3n) is 7.56. The molecule has 6 rings (SSSR count). The molecule has 1 N–H and O–H groups in total. The van der Waals surface area contributed by atoms with Crippen LogP contribution in [0.1, 0.15) is 56.6 Å². The first-order valence-electron chi connectivity index (χ1n) is 11.0. The summed E-state index contributed by atoms with van der Waals surface area (Å²) in [4.78, 5) is 27.7. The standard InChI is InChI=1S/C23H29FN2O3/c1-29-22(27)21(15-3-2-4-18(24)12-15)26(19-5-6-19)23(28)25-20-16-8-13-7-14(10-16)11-17(20)9-13/h2-4,12-14,16-17,19-21H,5-11H2,1H3,(H,25,28). The second-order valence-electron chi connectivity index (χ2n) is 9.53. The molecule has 1 aromatic carbocycles. The lowest BCUT2D eigenvalue weighted by molar-refractivity contribution is -0.146. The van der Waals surface area contributed by atoms with Crippen LogP contribution in [0.4, 0.5) is 9.18 Å². The van der Waals surface area contributed by atoms with Crippen LogP contribution in [0.3, 0.4) is 0 Å². The molecule has 156 valence electrons. The van der Waals surface area contributed by atoms with Crippen molar-refractivity contribution in [2.45, 2.75) is 63.1 Å². The molecule has 5 aliphatic carbocycles. The van der Waals surface area contributed by atoms with Gasteiger partial charge in [-0.15, -0.1) is 0 Å². The molecule has 0 aliphatic heterocycles. The van der Waals surface area contributed by atoms with E-state index in [1.54, 1.807) is 17.0 Å². The number of urea groups is 1. The van der Waals surface area contributed by atoms with E-state index in [4.69, 9.17) is 4.74 Å². The van der Waals surface area contributed by atoms with Gasteiger partial charge in [0, 0.05) is 12.1 Å². The van der Waals surface area contributed by atoms with Gasteiger partial charge in [-0.05, 0) is 86.3 Å². The van der Waals surface area contributed by atoms with Gasteiger partial charge in [-0.1, -0.05) is 12.1 Å². The number of carbonyl (C=O) groups excluding carboxylic acids is 2. The van der Waals surface area contributed by atoms with Crippen molar-refractivity contribution in [2.75, 3.05) is 7.11 Å². The zero-order valence-corrected chi connectivity index (χ0v) is 16.9. The van der Waals surface area contributed by atoms with E-state index in [1.807, 2.05) is 0 Å². The molecule has 29 heavy (non-hydrogen) atoms. The smallest absolute Gasteiger partial charge is 0.333 e. The molecule has 6 heteroatoms. The summed E-state index contributed by atoms with van der Waals surface area (Å²) in [5, 5.41) is 3.31. The van der Waals surface area contributed by atoms with Gasteiger partial charge in [-0.2, -0.15) is 0 Å². The van der Waals surface area contributed by atoms with Crippen LogP contribution < -0.4 is 5.32 Å². The summed E-state index contributed by atoms with van der Waals surface area (Å²) in [7, 11) is 1.31. The van der Waals surface area contributed by atoms with E-state index < -0.39 is 17.8 Å². The number of hydrogen-bond acceptors (Lipinski definition) is 3. The highest BCUT2D eigenvalue weighted by molar-refractivity contribution is 5.85. The Morgan fingerprint density at radius 1 is 1.10 bits per heavy atom. The minimum Gasteiger partial charge on any atom is -0.467 e. The van der Waals surface area contributed by atoms with E-state index in [0.717, 1.165) is 24.7 Å². The van der Waals surface area contributed by atoms with Crippen LogP contribution in [0.25, 0.3) is 0 Å². The maximum absolute atomic E-state index is 13.9. The highest BCUT2D eigenvalue weighted by atomic mass is 19.1. The molecule has 1 aromatic rings. The van der Waals surface area contributed by atoms with E-state index in [0.29, 0.717) is 17.4 Å². The number of methoxy groups -OCH3 is 1. The predicted octanol–water partition coefficient (Wildman–Crippen LogP) is 4.04. The zero-order chi connectivity index (χ0) is 20.1. The second kappa shape index (κ2) is 7.29. The van der Waals surface area contributed by atoms with E-state index in [2.05, 4.69) is 5.32 Å². The Balaban J connectivity index is 1.40. The maximum Gasteiger partial charge on any atom is 0.333 e. The SMILES string of the molecule is COC(=O)C(c1cccc(F)c1)N(C(=O)NC1C2CC3CC(C2)CC1C3)C1CC1. The molecule has 5 fully saturated rings. The van der Waals surface area contributed by atoms with Gasteiger partial charge in [-0.25, -0.2) is 14.0 Å². The largest absolute Gasteiger partial charge is 0.467 e. The minimum absolute atomic E-state index is 0.000740. The van der Waals surface area contributed by atoms with Gasteiger partial charge in [0.2, 0.25) is 0 Å². The summed E-state index contributed by atoms with van der Waals surface area (Å²) < 4.78 is 18.9. The molecular formula is C23H29FN2O3. The van der Waals surface area contributed by atoms with Crippen molar-refractivity contribution in [1.82, 2.24) is 10.2 Å². The van der Waals surface area contributed by atoms with Gasteiger partial charge in [-0.3, -0.25) is 0 Å². The highest BCUT2D eigenvalue weighted by Crippen LogP contribution is 2.53. The molecular weight excluding hydrogens is 371 g/mol. The Hall–Kier alpha value is -2.11. The van der Waals surface area contributed by atoms with Gasteiger partial charge in [0.1, 0.15) is 5.82 Å². The number of halogens is 1. The van der Waals surface area contributed by atoms with Crippen LogP contribution in [-0.4, -0.2) is 36.1 Å². The molecule has 0 heterocycles. The predicted molar refractivity (Wildman–Crippen MR) is 105 cm³/mol. The number of amides is 2. The molecule has 5 nitrogen and oxygen atoms in total. The highest BCUT2D eigenvalue weighted by Gasteiger charge is 2.50. The van der Waals surface area contributed by atoms with Gasteiger partial charge in [0.15, 0.2) is 6.04 Å². The monoisotopic (exact) mass is 400 g/mol. The fourth-order valence-electron chi connectivity index (χ4n) is 6.42. The Labute approximate surface area is 171 Å². The fourth-order valence-corrected chi connectivity index (χ4v) is 6.42. The van der Waals surface area contributed by atoms with Crippen LogP contribution in [0.5, 0.6) is 0 Å².